The number of unbranched alkanes of at least 4 members (excludes halogenated alkanes) is 1. The topological polar surface area (TPSA) is 162 Å². The molecule has 0 aliphatic rings. The molecule has 5 N–H and O–H groups in total. The molecule has 0 fully saturated rings. The van der Waals surface area contributed by atoms with Crippen molar-refractivity contribution in [3.05, 3.63) is 0 Å². The normalized spacial score (nSPS) is 12.5. The number of thiol groups is 1. The Morgan fingerprint density at radius 1 is 0.962 bits per heavy atom. The van der Waals surface area contributed by atoms with Gasteiger partial charge in [0.25, 0.3) is 0 Å². The molecule has 0 saturated carbocycles. The van der Waals surface area contributed by atoms with Crippen molar-refractivity contribution in [1.29, 1.82) is 0 Å². The van der Waals surface area contributed by atoms with E-state index in [1.807, 2.05) is 6.92 Å². The van der Waals surface area contributed by atoms with E-state index < -0.39 is 48.3 Å². The van der Waals surface area contributed by atoms with Crippen molar-refractivity contribution >= 4 is 42.3 Å². The molecule has 0 heterocycles. The van der Waals surface area contributed by atoms with Gasteiger partial charge >= 0.3 is 11.9 Å². The maximum absolute atomic E-state index is 11.9. The first kappa shape index (κ1) is 23.7. The number of hydrogen-bond donors (Lipinski definition) is 6. The minimum absolute atomic E-state index is 0.0622. The molecular weight excluding hydrogens is 366 g/mol. The van der Waals surface area contributed by atoms with Crippen molar-refractivity contribution in [2.45, 2.75) is 51.1 Å². The first-order valence-corrected chi connectivity index (χ1v) is 8.76. The van der Waals surface area contributed by atoms with Crippen LogP contribution >= 0.6 is 12.6 Å². The number of carboxylic acids is 2. The molecule has 0 radical (unpaired) electrons. The Labute approximate surface area is 156 Å². The number of rotatable bonds is 13. The molecule has 0 spiro atoms. The number of carbonyl (C=O) groups excluding carboxylic acids is 3. The van der Waals surface area contributed by atoms with E-state index in [9.17, 15) is 24.0 Å². The van der Waals surface area contributed by atoms with Crippen molar-refractivity contribution in [3.8, 4) is 0 Å². The lowest BCUT2D eigenvalue weighted by Gasteiger charge is -2.17. The zero-order chi connectivity index (χ0) is 20.1. The minimum Gasteiger partial charge on any atom is -0.480 e. The average Bonchev–Trinajstić information content (AvgIpc) is 2.58. The Morgan fingerprint density at radius 3 is 2.04 bits per heavy atom. The second-order valence-electron chi connectivity index (χ2n) is 5.51. The predicted octanol–water partition coefficient (Wildman–Crippen LogP) is -0.858. The second-order valence-corrected chi connectivity index (χ2v) is 5.88. The van der Waals surface area contributed by atoms with Gasteiger partial charge in [0, 0.05) is 18.6 Å². The first-order chi connectivity index (χ1) is 12.2. The van der Waals surface area contributed by atoms with Crippen LogP contribution in [0.5, 0.6) is 0 Å². The third-order valence-corrected chi connectivity index (χ3v) is 3.66. The van der Waals surface area contributed by atoms with Crippen molar-refractivity contribution in [1.82, 2.24) is 16.0 Å². The molecule has 10 nitrogen and oxygen atoms in total. The van der Waals surface area contributed by atoms with Gasteiger partial charge in [-0.3, -0.25) is 19.2 Å². The second kappa shape index (κ2) is 13.0. The summed E-state index contributed by atoms with van der Waals surface area (Å²) in [7, 11) is 0. The molecule has 0 saturated heterocycles. The third kappa shape index (κ3) is 10.5. The molecule has 0 rings (SSSR count). The maximum Gasteiger partial charge on any atom is 0.326 e. The van der Waals surface area contributed by atoms with E-state index in [1.165, 1.54) is 0 Å². The summed E-state index contributed by atoms with van der Waals surface area (Å²) in [6, 6.07) is -2.26. The van der Waals surface area contributed by atoms with E-state index in [4.69, 9.17) is 10.2 Å². The summed E-state index contributed by atoms with van der Waals surface area (Å²) in [5.41, 5.74) is 0. The molecule has 0 aliphatic heterocycles. The van der Waals surface area contributed by atoms with Crippen LogP contribution in [0.15, 0.2) is 0 Å². The van der Waals surface area contributed by atoms with Crippen LogP contribution in [0.3, 0.4) is 0 Å². The van der Waals surface area contributed by atoms with Crippen LogP contribution in [0, 0.1) is 0 Å². The van der Waals surface area contributed by atoms with Crippen molar-refractivity contribution in [3.63, 3.8) is 0 Å². The van der Waals surface area contributed by atoms with E-state index in [0.29, 0.717) is 6.42 Å². The number of carbonyl (C=O) groups is 5. The SMILES string of the molecule is CCCCC(=O)N[C@@H](CCC(=O)N[C@@H](CS)C(=O)NCC(=O)O)C(=O)O. The van der Waals surface area contributed by atoms with E-state index in [0.717, 1.165) is 6.42 Å². The van der Waals surface area contributed by atoms with E-state index >= 15 is 0 Å². The number of hydrogen-bond acceptors (Lipinski definition) is 6. The van der Waals surface area contributed by atoms with Gasteiger partial charge in [0.2, 0.25) is 17.7 Å². The van der Waals surface area contributed by atoms with Crippen molar-refractivity contribution in [2.75, 3.05) is 12.3 Å². The molecule has 0 aromatic carbocycles. The van der Waals surface area contributed by atoms with Crippen molar-refractivity contribution in [2.24, 2.45) is 0 Å². The molecule has 3 amide bonds. The van der Waals surface area contributed by atoms with Crippen molar-refractivity contribution < 1.29 is 34.2 Å². The highest BCUT2D eigenvalue weighted by Crippen LogP contribution is 2.02. The highest BCUT2D eigenvalue weighted by atomic mass is 32.1. The van der Waals surface area contributed by atoms with Gasteiger partial charge in [-0.2, -0.15) is 12.6 Å². The van der Waals surface area contributed by atoms with Crippen LogP contribution in [-0.4, -0.2) is 64.3 Å². The number of aliphatic carboxylic acids is 2. The van der Waals surface area contributed by atoms with Crippen LogP contribution in [-0.2, 0) is 24.0 Å². The fourth-order valence-corrected chi connectivity index (χ4v) is 2.14. The summed E-state index contributed by atoms with van der Waals surface area (Å²) in [5, 5.41) is 24.4. The highest BCUT2D eigenvalue weighted by Gasteiger charge is 2.23. The van der Waals surface area contributed by atoms with E-state index in [1.54, 1.807) is 0 Å². The third-order valence-electron chi connectivity index (χ3n) is 3.30. The minimum atomic E-state index is -1.26. The summed E-state index contributed by atoms with van der Waals surface area (Å²) in [6.07, 6.45) is 1.25. The predicted molar refractivity (Wildman–Crippen MR) is 94.8 cm³/mol. The Kier molecular flexibility index (Phi) is 11.8. The van der Waals surface area contributed by atoms with Gasteiger partial charge in [0.05, 0.1) is 0 Å². The monoisotopic (exact) mass is 391 g/mol. The fraction of sp³-hybridized carbons (Fsp3) is 0.667. The van der Waals surface area contributed by atoms with Crippen LogP contribution in [0.2, 0.25) is 0 Å². The van der Waals surface area contributed by atoms with Gasteiger partial charge in [0.1, 0.15) is 18.6 Å². The molecular formula is C15H25N3O7S. The van der Waals surface area contributed by atoms with Gasteiger partial charge in [-0.25, -0.2) is 4.79 Å². The molecule has 0 aromatic rings. The molecule has 0 aromatic heterocycles. The maximum atomic E-state index is 11.9. The molecule has 0 unspecified atom stereocenters. The van der Waals surface area contributed by atoms with Gasteiger partial charge in [-0.1, -0.05) is 13.3 Å². The van der Waals surface area contributed by atoms with E-state index in [2.05, 4.69) is 28.6 Å². The highest BCUT2D eigenvalue weighted by molar-refractivity contribution is 7.80. The largest absolute Gasteiger partial charge is 0.480 e. The van der Waals surface area contributed by atoms with Crippen LogP contribution in [0.25, 0.3) is 0 Å². The lowest BCUT2D eigenvalue weighted by Crippen LogP contribution is -2.49. The zero-order valence-electron chi connectivity index (χ0n) is 14.5. The quantitative estimate of drug-likeness (QED) is 0.223. The lowest BCUT2D eigenvalue weighted by molar-refractivity contribution is -0.142. The van der Waals surface area contributed by atoms with Gasteiger partial charge in [-0.05, 0) is 12.8 Å². The molecule has 0 bridgehead atoms. The molecule has 0 aliphatic carbocycles. The molecule has 11 heteroatoms. The van der Waals surface area contributed by atoms with E-state index in [-0.39, 0.29) is 25.0 Å². The summed E-state index contributed by atoms with van der Waals surface area (Å²) in [5.74, 6) is -4.27. The smallest absolute Gasteiger partial charge is 0.326 e. The van der Waals surface area contributed by atoms with Crippen LogP contribution < -0.4 is 16.0 Å². The molecule has 26 heavy (non-hydrogen) atoms. The zero-order valence-corrected chi connectivity index (χ0v) is 15.4. The Morgan fingerprint density at radius 2 is 1.54 bits per heavy atom. The Hall–Kier alpha value is -2.30. The molecule has 148 valence electrons. The lowest BCUT2D eigenvalue weighted by atomic mass is 10.1. The Bertz CT molecular complexity index is 527. The van der Waals surface area contributed by atoms with Gasteiger partial charge in [-0.15, -0.1) is 0 Å². The first-order valence-electron chi connectivity index (χ1n) is 8.13. The summed E-state index contributed by atoms with van der Waals surface area (Å²) < 4.78 is 0. The fourth-order valence-electron chi connectivity index (χ4n) is 1.88. The summed E-state index contributed by atoms with van der Waals surface area (Å²) >= 11 is 3.92. The average molecular weight is 391 g/mol. The van der Waals surface area contributed by atoms with Gasteiger partial charge < -0.3 is 26.2 Å². The number of amides is 3. The number of carboxylic acid groups (broad SMARTS) is 2. The summed E-state index contributed by atoms with van der Waals surface area (Å²) in [4.78, 5) is 56.8. The molecule has 2 atom stereocenters. The Balaban J connectivity index is 4.48. The van der Waals surface area contributed by atoms with Crippen LogP contribution in [0.1, 0.15) is 39.0 Å². The van der Waals surface area contributed by atoms with Gasteiger partial charge in [0.15, 0.2) is 0 Å². The number of nitrogens with one attached hydrogen (secondary N) is 3. The standard InChI is InChI=1S/C15H25N3O7S/c1-2-3-4-11(19)17-9(15(24)25)5-6-12(20)18-10(8-26)14(23)16-7-13(21)22/h9-10,26H,2-8H2,1H3,(H,16,23)(H,17,19)(H,18,20)(H,21,22)(H,24,25)/t9-,10-/m0/s1. The van der Waals surface area contributed by atoms with Crippen LogP contribution in [0.4, 0.5) is 0 Å². The summed E-state index contributed by atoms with van der Waals surface area (Å²) in [6.45, 7) is 1.31.